The molecule has 0 saturated carbocycles. The zero-order chi connectivity index (χ0) is 19.1. The molecule has 8 heteroatoms. The van der Waals surface area contributed by atoms with Gasteiger partial charge in [-0.05, 0) is 63.0 Å². The van der Waals surface area contributed by atoms with Gasteiger partial charge in [0.05, 0.1) is 11.5 Å². The van der Waals surface area contributed by atoms with E-state index in [1.165, 1.54) is 47.8 Å². The van der Waals surface area contributed by atoms with E-state index in [0.29, 0.717) is 25.3 Å². The smallest absolute Gasteiger partial charge is 0.274 e. The highest BCUT2D eigenvalue weighted by atomic mass is 32.2. The van der Waals surface area contributed by atoms with Gasteiger partial charge in [0.15, 0.2) is 0 Å². The molecule has 0 aliphatic carbocycles. The summed E-state index contributed by atoms with van der Waals surface area (Å²) in [6.07, 6.45) is 6.60. The average Bonchev–Trinajstić information content (AvgIpc) is 2.72. The molecule has 3 rings (SSSR count). The predicted octanol–water partition coefficient (Wildman–Crippen LogP) is 2.01. The fourth-order valence-corrected chi connectivity index (χ4v) is 5.08. The first-order valence-electron chi connectivity index (χ1n) is 9.82. The van der Waals surface area contributed by atoms with Crippen LogP contribution >= 0.6 is 0 Å². The van der Waals surface area contributed by atoms with Crippen molar-refractivity contribution in [2.45, 2.75) is 43.4 Å². The van der Waals surface area contributed by atoms with Gasteiger partial charge in [-0.15, -0.1) is 0 Å². The Kier molecular flexibility index (Phi) is 7.23. The lowest BCUT2D eigenvalue weighted by Gasteiger charge is -2.26. The van der Waals surface area contributed by atoms with Gasteiger partial charge >= 0.3 is 0 Å². The average molecular weight is 396 g/mol. The molecular formula is C19H29N3O4S. The minimum Gasteiger partial charge on any atom is -0.301 e. The molecule has 7 nitrogen and oxygen atoms in total. The number of benzene rings is 1. The first-order chi connectivity index (χ1) is 13.1. The number of nitrogens with one attached hydrogen (secondary N) is 1. The molecule has 0 radical (unpaired) electrons. The second kappa shape index (κ2) is 9.64. The molecule has 2 aliphatic rings. The number of amides is 1. The molecule has 1 aromatic rings. The van der Waals surface area contributed by atoms with Crippen LogP contribution < -0.4 is 5.48 Å². The molecular weight excluding hydrogens is 366 g/mol. The van der Waals surface area contributed by atoms with Crippen molar-refractivity contribution in [3.05, 3.63) is 29.8 Å². The van der Waals surface area contributed by atoms with E-state index >= 15 is 0 Å². The van der Waals surface area contributed by atoms with Gasteiger partial charge in [-0.25, -0.2) is 13.9 Å². The number of piperidine rings is 2. The maximum Gasteiger partial charge on any atom is 0.274 e. The normalized spacial score (nSPS) is 19.7. The van der Waals surface area contributed by atoms with Crippen LogP contribution in [0.2, 0.25) is 0 Å². The standard InChI is InChI=1S/C19H29N3O4S/c23-19(20-26-16-15-21-11-3-1-4-12-21)17-7-9-18(10-8-17)27(24,25)22-13-5-2-6-14-22/h7-10H,1-6,11-16H2,(H,20,23). The van der Waals surface area contributed by atoms with E-state index in [1.54, 1.807) is 0 Å². The van der Waals surface area contributed by atoms with E-state index in [0.717, 1.165) is 38.9 Å². The Labute approximate surface area is 161 Å². The summed E-state index contributed by atoms with van der Waals surface area (Å²) in [5.41, 5.74) is 2.81. The highest BCUT2D eigenvalue weighted by Gasteiger charge is 2.25. The molecule has 0 aromatic heterocycles. The zero-order valence-electron chi connectivity index (χ0n) is 15.7. The van der Waals surface area contributed by atoms with Crippen molar-refractivity contribution >= 4 is 15.9 Å². The molecule has 0 unspecified atom stereocenters. The molecule has 0 spiro atoms. The third-order valence-corrected chi connectivity index (χ3v) is 7.11. The summed E-state index contributed by atoms with van der Waals surface area (Å²) in [6.45, 7) is 4.54. The number of likely N-dealkylation sites (tertiary alicyclic amines) is 1. The Morgan fingerprint density at radius 3 is 2.15 bits per heavy atom. The van der Waals surface area contributed by atoms with Gasteiger partial charge in [0.25, 0.3) is 5.91 Å². The first-order valence-corrected chi connectivity index (χ1v) is 11.3. The number of sulfonamides is 1. The molecule has 0 atom stereocenters. The molecule has 1 N–H and O–H groups in total. The summed E-state index contributed by atoms with van der Waals surface area (Å²) in [4.78, 5) is 20.0. The predicted molar refractivity (Wildman–Crippen MR) is 103 cm³/mol. The fraction of sp³-hybridized carbons (Fsp3) is 0.632. The van der Waals surface area contributed by atoms with E-state index in [9.17, 15) is 13.2 Å². The summed E-state index contributed by atoms with van der Waals surface area (Å²) in [6, 6.07) is 6.04. The second-order valence-corrected chi connectivity index (χ2v) is 9.11. The maximum absolute atomic E-state index is 12.6. The van der Waals surface area contributed by atoms with E-state index in [-0.39, 0.29) is 10.8 Å². The zero-order valence-corrected chi connectivity index (χ0v) is 16.5. The Morgan fingerprint density at radius 2 is 1.52 bits per heavy atom. The van der Waals surface area contributed by atoms with Gasteiger partial charge in [-0.2, -0.15) is 4.31 Å². The number of rotatable bonds is 7. The van der Waals surface area contributed by atoms with Crippen molar-refractivity contribution < 1.29 is 18.0 Å². The van der Waals surface area contributed by atoms with Gasteiger partial charge < -0.3 is 4.90 Å². The molecule has 1 amide bonds. The van der Waals surface area contributed by atoms with Crippen LogP contribution in [-0.4, -0.2) is 62.9 Å². The van der Waals surface area contributed by atoms with E-state index < -0.39 is 10.0 Å². The highest BCUT2D eigenvalue weighted by Crippen LogP contribution is 2.20. The second-order valence-electron chi connectivity index (χ2n) is 7.17. The highest BCUT2D eigenvalue weighted by molar-refractivity contribution is 7.89. The van der Waals surface area contributed by atoms with Crippen molar-refractivity contribution in [2.24, 2.45) is 0 Å². The summed E-state index contributed by atoms with van der Waals surface area (Å²) < 4.78 is 26.8. The van der Waals surface area contributed by atoms with E-state index in [1.807, 2.05) is 0 Å². The summed E-state index contributed by atoms with van der Waals surface area (Å²) in [7, 11) is -3.47. The molecule has 150 valence electrons. The van der Waals surface area contributed by atoms with Crippen molar-refractivity contribution in [3.63, 3.8) is 0 Å². The number of carbonyl (C=O) groups excluding carboxylic acids is 1. The van der Waals surface area contributed by atoms with Gasteiger partial charge in [0, 0.05) is 25.2 Å². The third kappa shape index (κ3) is 5.51. The number of hydroxylamine groups is 1. The van der Waals surface area contributed by atoms with Crippen LogP contribution in [0.4, 0.5) is 0 Å². The van der Waals surface area contributed by atoms with Crippen LogP contribution in [0.5, 0.6) is 0 Å². The van der Waals surface area contributed by atoms with Crippen LogP contribution in [-0.2, 0) is 14.9 Å². The Hall–Kier alpha value is -1.48. The molecule has 0 bridgehead atoms. The van der Waals surface area contributed by atoms with E-state index in [4.69, 9.17) is 4.84 Å². The quantitative estimate of drug-likeness (QED) is 0.564. The first kappa shape index (κ1) is 20.3. The Morgan fingerprint density at radius 1 is 0.926 bits per heavy atom. The lowest BCUT2D eigenvalue weighted by atomic mass is 10.1. The van der Waals surface area contributed by atoms with Gasteiger partial charge in [0.2, 0.25) is 10.0 Å². The van der Waals surface area contributed by atoms with Crippen molar-refractivity contribution in [2.75, 3.05) is 39.3 Å². The molecule has 27 heavy (non-hydrogen) atoms. The SMILES string of the molecule is O=C(NOCCN1CCCCC1)c1ccc(S(=O)(=O)N2CCCCC2)cc1. The number of hydrogen-bond acceptors (Lipinski definition) is 5. The number of carbonyl (C=O) groups is 1. The van der Waals surface area contributed by atoms with Gasteiger partial charge in [0.1, 0.15) is 0 Å². The number of hydrogen-bond donors (Lipinski definition) is 1. The van der Waals surface area contributed by atoms with Crippen LogP contribution in [0.15, 0.2) is 29.2 Å². The molecule has 2 heterocycles. The number of nitrogens with zero attached hydrogens (tertiary/aromatic N) is 2. The topological polar surface area (TPSA) is 79.0 Å². The molecule has 2 aliphatic heterocycles. The lowest BCUT2D eigenvalue weighted by Crippen LogP contribution is -2.35. The van der Waals surface area contributed by atoms with Gasteiger partial charge in [-0.1, -0.05) is 12.8 Å². The summed E-state index contributed by atoms with van der Waals surface area (Å²) in [5, 5.41) is 0. The van der Waals surface area contributed by atoms with Crippen molar-refractivity contribution in [1.29, 1.82) is 0 Å². The third-order valence-electron chi connectivity index (χ3n) is 5.19. The van der Waals surface area contributed by atoms with E-state index in [2.05, 4.69) is 10.4 Å². The minimum atomic E-state index is -3.47. The van der Waals surface area contributed by atoms with Gasteiger partial charge in [-0.3, -0.25) is 9.63 Å². The summed E-state index contributed by atoms with van der Waals surface area (Å²) >= 11 is 0. The lowest BCUT2D eigenvalue weighted by molar-refractivity contribution is 0.0206. The largest absolute Gasteiger partial charge is 0.301 e. The maximum atomic E-state index is 12.6. The van der Waals surface area contributed by atoms with Crippen LogP contribution in [0.25, 0.3) is 0 Å². The minimum absolute atomic E-state index is 0.229. The molecule has 2 fully saturated rings. The van der Waals surface area contributed by atoms with Crippen molar-refractivity contribution in [3.8, 4) is 0 Å². The monoisotopic (exact) mass is 395 g/mol. The fourth-order valence-electron chi connectivity index (χ4n) is 3.57. The molecule has 1 aromatic carbocycles. The molecule has 2 saturated heterocycles. The van der Waals surface area contributed by atoms with Crippen molar-refractivity contribution in [1.82, 2.24) is 14.7 Å². The summed E-state index contributed by atoms with van der Waals surface area (Å²) in [5.74, 6) is -0.365. The Bertz CT molecular complexity index is 709. The van der Waals surface area contributed by atoms with Crippen LogP contribution in [0.3, 0.4) is 0 Å². The van der Waals surface area contributed by atoms with Crippen LogP contribution in [0, 0.1) is 0 Å². The Balaban J connectivity index is 1.48. The van der Waals surface area contributed by atoms with Crippen LogP contribution in [0.1, 0.15) is 48.9 Å².